The number of hydrogen-bond donors (Lipinski definition) is 1. The van der Waals surface area contributed by atoms with E-state index in [0.717, 1.165) is 26.1 Å². The summed E-state index contributed by atoms with van der Waals surface area (Å²) in [5, 5.41) is 6.47. The second-order valence-corrected chi connectivity index (χ2v) is 9.62. The Morgan fingerprint density at radius 3 is 1.86 bits per heavy atom. The zero-order chi connectivity index (χ0) is 19.4. The number of rotatable bonds is 11. The van der Waals surface area contributed by atoms with Gasteiger partial charge in [0.2, 0.25) is 0 Å². The van der Waals surface area contributed by atoms with E-state index < -0.39 is 0 Å². The van der Waals surface area contributed by atoms with Crippen molar-refractivity contribution in [1.82, 2.24) is 5.32 Å². The van der Waals surface area contributed by atoms with Crippen molar-refractivity contribution in [2.75, 3.05) is 19.7 Å². The van der Waals surface area contributed by atoms with Crippen LogP contribution in [0.4, 0.5) is 0 Å². The van der Waals surface area contributed by atoms with Gasteiger partial charge in [-0.25, -0.2) is 0 Å². The molecule has 3 rings (SSSR count). The summed E-state index contributed by atoms with van der Waals surface area (Å²) in [6.45, 7) is 5.74. The lowest BCUT2D eigenvalue weighted by Crippen LogP contribution is -2.26. The molecule has 0 aliphatic carbocycles. The third kappa shape index (κ3) is 6.56. The summed E-state index contributed by atoms with van der Waals surface area (Å²) in [5.74, 6) is 0. The van der Waals surface area contributed by atoms with E-state index >= 15 is 0 Å². The summed E-state index contributed by atoms with van der Waals surface area (Å²) >= 11 is 0. The normalized spacial score (nSPS) is 12.2. The van der Waals surface area contributed by atoms with Crippen LogP contribution in [0.3, 0.4) is 0 Å². The van der Waals surface area contributed by atoms with E-state index in [-0.39, 0.29) is 7.92 Å². The quantitative estimate of drug-likeness (QED) is 0.378. The van der Waals surface area contributed by atoms with Crippen LogP contribution in [0, 0.1) is 0 Å². The Bertz CT molecular complexity index is 740. The van der Waals surface area contributed by atoms with Gasteiger partial charge < -0.3 is 10.1 Å². The first-order valence-electron chi connectivity index (χ1n) is 10.1. The molecule has 0 aliphatic rings. The molecule has 0 fully saturated rings. The fourth-order valence-corrected chi connectivity index (χ4v) is 6.00. The van der Waals surface area contributed by atoms with Gasteiger partial charge in [-0.15, -0.1) is 0 Å². The van der Waals surface area contributed by atoms with Crippen LogP contribution in [-0.2, 0) is 11.3 Å². The Balaban J connectivity index is 1.43. The Kier molecular flexibility index (Phi) is 8.71. The number of benzene rings is 3. The Labute approximate surface area is 170 Å². The van der Waals surface area contributed by atoms with Crippen molar-refractivity contribution in [3.8, 4) is 0 Å². The van der Waals surface area contributed by atoms with E-state index in [4.69, 9.17) is 4.74 Å². The Hall–Kier alpha value is -1.99. The van der Waals surface area contributed by atoms with E-state index in [1.54, 1.807) is 0 Å². The molecule has 0 aliphatic heterocycles. The van der Waals surface area contributed by atoms with Crippen LogP contribution in [-0.4, -0.2) is 25.4 Å². The first-order chi connectivity index (χ1) is 13.8. The molecule has 0 radical (unpaired) electrons. The molecule has 0 amide bonds. The van der Waals surface area contributed by atoms with Crippen LogP contribution in [0.15, 0.2) is 91.0 Å². The molecule has 28 heavy (non-hydrogen) atoms. The molecule has 3 heteroatoms. The van der Waals surface area contributed by atoms with Crippen LogP contribution < -0.4 is 15.9 Å². The molecule has 146 valence electrons. The second-order valence-electron chi connectivity index (χ2n) is 6.97. The molecule has 0 bridgehead atoms. The lowest BCUT2D eigenvalue weighted by molar-refractivity contribution is 0.123. The van der Waals surface area contributed by atoms with Crippen molar-refractivity contribution in [2.45, 2.75) is 25.6 Å². The van der Waals surface area contributed by atoms with Gasteiger partial charge in [0.25, 0.3) is 0 Å². The Morgan fingerprint density at radius 1 is 0.750 bits per heavy atom. The zero-order valence-corrected chi connectivity index (χ0v) is 17.5. The van der Waals surface area contributed by atoms with Gasteiger partial charge in [0.1, 0.15) is 0 Å². The number of hydrogen-bond acceptors (Lipinski definition) is 2. The largest absolute Gasteiger partial charge is 0.375 e. The van der Waals surface area contributed by atoms with E-state index in [0.29, 0.717) is 12.3 Å². The van der Waals surface area contributed by atoms with Crippen molar-refractivity contribution < 1.29 is 4.74 Å². The molecule has 2 nitrogen and oxygen atoms in total. The van der Waals surface area contributed by atoms with Gasteiger partial charge in [-0.3, -0.25) is 0 Å². The predicted octanol–water partition coefficient (Wildman–Crippen LogP) is 4.70. The molecule has 0 spiro atoms. The fourth-order valence-electron chi connectivity index (χ4n) is 3.31. The third-order valence-electron chi connectivity index (χ3n) is 4.78. The number of nitrogens with one attached hydrogen (secondary N) is 1. The van der Waals surface area contributed by atoms with Crippen molar-refractivity contribution in [3.05, 3.63) is 96.6 Å². The van der Waals surface area contributed by atoms with Crippen molar-refractivity contribution in [1.29, 1.82) is 0 Å². The predicted molar refractivity (Wildman–Crippen MR) is 122 cm³/mol. The van der Waals surface area contributed by atoms with Crippen molar-refractivity contribution in [3.63, 3.8) is 0 Å². The lowest BCUT2D eigenvalue weighted by Gasteiger charge is -2.26. The second kappa shape index (κ2) is 11.8. The molecular weight excluding hydrogens is 361 g/mol. The van der Waals surface area contributed by atoms with Crippen LogP contribution in [0.2, 0.25) is 0 Å². The van der Waals surface area contributed by atoms with Crippen LogP contribution >= 0.6 is 7.92 Å². The van der Waals surface area contributed by atoms with Crippen LogP contribution in [0.25, 0.3) is 0 Å². The molecule has 0 saturated carbocycles. The minimum absolute atomic E-state index is 0.341. The van der Waals surface area contributed by atoms with Crippen LogP contribution in [0.5, 0.6) is 0 Å². The van der Waals surface area contributed by atoms with E-state index in [1.165, 1.54) is 16.2 Å². The first kappa shape index (κ1) is 20.7. The summed E-state index contributed by atoms with van der Waals surface area (Å²) in [5.41, 5.74) is 1.85. The zero-order valence-electron chi connectivity index (χ0n) is 16.6. The van der Waals surface area contributed by atoms with Crippen LogP contribution in [0.1, 0.15) is 18.9 Å². The standard InChI is InChI=1S/C25H30NOP/c1-22(17-18-26-19-20-27-21-23-11-5-2-6-12-23)28(24-13-7-3-8-14-24)25-15-9-4-10-16-25/h2-16,22,26H,17-21H2,1H3. The maximum atomic E-state index is 5.75. The molecule has 0 saturated heterocycles. The highest BCUT2D eigenvalue weighted by Gasteiger charge is 2.20. The minimum atomic E-state index is -0.341. The summed E-state index contributed by atoms with van der Waals surface area (Å²) in [6.07, 6.45) is 1.16. The van der Waals surface area contributed by atoms with E-state index in [9.17, 15) is 0 Å². The summed E-state index contributed by atoms with van der Waals surface area (Å²) in [4.78, 5) is 0. The molecule has 3 aromatic carbocycles. The maximum Gasteiger partial charge on any atom is 0.0717 e. The molecule has 0 aromatic heterocycles. The molecule has 3 aromatic rings. The monoisotopic (exact) mass is 391 g/mol. The number of ether oxygens (including phenoxy) is 1. The van der Waals surface area contributed by atoms with Crippen molar-refractivity contribution in [2.24, 2.45) is 0 Å². The average molecular weight is 391 g/mol. The smallest absolute Gasteiger partial charge is 0.0717 e. The molecule has 1 unspecified atom stereocenters. The highest BCUT2D eigenvalue weighted by molar-refractivity contribution is 7.73. The highest BCUT2D eigenvalue weighted by Crippen LogP contribution is 2.40. The summed E-state index contributed by atoms with van der Waals surface area (Å²) in [7, 11) is -0.341. The maximum absolute atomic E-state index is 5.75. The third-order valence-corrected chi connectivity index (χ3v) is 7.63. The molecular formula is C25H30NOP. The van der Waals surface area contributed by atoms with Gasteiger partial charge in [0, 0.05) is 6.54 Å². The fraction of sp³-hybridized carbons (Fsp3) is 0.280. The summed E-state index contributed by atoms with van der Waals surface area (Å²) < 4.78 is 5.75. The highest BCUT2D eigenvalue weighted by atomic mass is 31.1. The van der Waals surface area contributed by atoms with Gasteiger partial charge in [0.05, 0.1) is 13.2 Å². The topological polar surface area (TPSA) is 21.3 Å². The molecule has 0 heterocycles. The van der Waals surface area contributed by atoms with E-state index in [1.807, 2.05) is 6.07 Å². The van der Waals surface area contributed by atoms with Gasteiger partial charge in [-0.1, -0.05) is 97.9 Å². The van der Waals surface area contributed by atoms with Gasteiger partial charge in [-0.2, -0.15) is 0 Å². The van der Waals surface area contributed by atoms with Gasteiger partial charge in [0.15, 0.2) is 0 Å². The minimum Gasteiger partial charge on any atom is -0.375 e. The lowest BCUT2D eigenvalue weighted by atomic mass is 10.2. The SMILES string of the molecule is CC(CCNCCOCc1ccccc1)P(c1ccccc1)c1ccccc1. The van der Waals surface area contributed by atoms with Gasteiger partial charge >= 0.3 is 0 Å². The first-order valence-corrected chi connectivity index (χ1v) is 11.5. The average Bonchev–Trinajstić information content (AvgIpc) is 2.75. The summed E-state index contributed by atoms with van der Waals surface area (Å²) in [6, 6.07) is 32.3. The molecule has 1 N–H and O–H groups in total. The van der Waals surface area contributed by atoms with Crippen molar-refractivity contribution >= 4 is 18.5 Å². The van der Waals surface area contributed by atoms with Gasteiger partial charge in [-0.05, 0) is 42.7 Å². The van der Waals surface area contributed by atoms with E-state index in [2.05, 4.69) is 97.2 Å². The molecule has 1 atom stereocenters. The Morgan fingerprint density at radius 2 is 1.29 bits per heavy atom.